The quantitative estimate of drug-likeness (QED) is 0.189. The molecule has 8 bridgehead atoms. The Kier molecular flexibility index (Phi) is 8.84. The summed E-state index contributed by atoms with van der Waals surface area (Å²) in [6.07, 6.45) is 25.6. The molecule has 9 nitrogen and oxygen atoms in total. The topological polar surface area (TPSA) is 120 Å². The normalized spacial score (nSPS) is 55.0. The monoisotopic (exact) mass is 625 g/mol. The van der Waals surface area contributed by atoms with E-state index >= 15 is 0 Å². The molecule has 10 heteroatoms. The first-order valence-corrected chi connectivity index (χ1v) is 18.5. The van der Waals surface area contributed by atoms with Gasteiger partial charge in [0.15, 0.2) is 0 Å². The van der Waals surface area contributed by atoms with Gasteiger partial charge in [-0.25, -0.2) is 0 Å². The molecule has 4 saturated carbocycles. The number of fused-ring (bicyclic) bond motifs is 20. The molecule has 9 rings (SSSR count). The summed E-state index contributed by atoms with van der Waals surface area (Å²) in [6, 6.07) is 0. The zero-order chi connectivity index (χ0) is 28.2. The van der Waals surface area contributed by atoms with E-state index in [2.05, 4.69) is 57.8 Å². The second-order valence-corrected chi connectivity index (χ2v) is 15.6. The van der Waals surface area contributed by atoms with E-state index in [4.69, 9.17) is 4.45 Å². The molecule has 8 atom stereocenters. The summed E-state index contributed by atoms with van der Waals surface area (Å²) in [6.45, 7) is 0. The van der Waals surface area contributed by atoms with Crippen LogP contribution in [0.1, 0.15) is 103 Å². The molecular formula is C32H57N9Ni. The third kappa shape index (κ3) is 5.21. The second kappa shape index (κ2) is 12.6. The summed E-state index contributed by atoms with van der Waals surface area (Å²) in [5, 5.41) is 33.8. The van der Waals surface area contributed by atoms with Crippen molar-refractivity contribution in [3.63, 3.8) is 0 Å². The van der Waals surface area contributed by atoms with E-state index in [-0.39, 0.29) is 0 Å². The van der Waals surface area contributed by atoms with E-state index in [1.807, 2.05) is 0 Å². The fraction of sp³-hybridized carbons (Fsp3) is 1.00. The fourth-order valence-electron chi connectivity index (χ4n) is 12.0. The number of rotatable bonds is 0. The van der Waals surface area contributed by atoms with E-state index in [0.29, 0.717) is 49.3 Å². The summed E-state index contributed by atoms with van der Waals surface area (Å²) >= 11 is 3.12. The number of hydrogen-bond donors (Lipinski definition) is 9. The van der Waals surface area contributed by atoms with Gasteiger partial charge in [0.1, 0.15) is 0 Å². The minimum absolute atomic E-state index is 0.420. The summed E-state index contributed by atoms with van der Waals surface area (Å²) in [5.74, 6) is 5.97. The summed E-state index contributed by atoms with van der Waals surface area (Å²) in [4.78, 5) is 0. The maximum absolute atomic E-state index is 5.38. The van der Waals surface area contributed by atoms with Gasteiger partial charge in [-0.3, -0.25) is 42.5 Å². The first-order chi connectivity index (χ1) is 20.8. The first kappa shape index (κ1) is 29.4. The summed E-state index contributed by atoms with van der Waals surface area (Å²) in [5.41, 5.74) is 0. The van der Waals surface area contributed by atoms with Crippen LogP contribution in [-0.2, 0) is 15.3 Å². The Bertz CT molecular complexity index is 734. The van der Waals surface area contributed by atoms with Crippen LogP contribution in [0.5, 0.6) is 0 Å². The van der Waals surface area contributed by atoms with Gasteiger partial charge in [-0.05, 0) is 98.7 Å². The molecule has 240 valence electrons. The molecule has 5 aliphatic heterocycles. The molecule has 0 aromatic rings. The van der Waals surface area contributed by atoms with Gasteiger partial charge in [0.2, 0.25) is 0 Å². The molecule has 5 saturated heterocycles. The molecule has 5 heterocycles. The van der Waals surface area contributed by atoms with Crippen molar-refractivity contribution in [2.24, 2.45) is 47.3 Å². The molecule has 42 heavy (non-hydrogen) atoms. The average molecular weight is 627 g/mol. The summed E-state index contributed by atoms with van der Waals surface area (Å²) in [7, 11) is 0. The van der Waals surface area contributed by atoms with Crippen LogP contribution in [0.2, 0.25) is 0 Å². The minimum atomic E-state index is 0.420. The third-order valence-corrected chi connectivity index (χ3v) is 13.8. The van der Waals surface area contributed by atoms with Gasteiger partial charge in [-0.2, -0.15) is 0 Å². The van der Waals surface area contributed by atoms with Crippen LogP contribution in [0.15, 0.2) is 0 Å². The Balaban J connectivity index is 0.00000131. The average Bonchev–Trinajstić information content (AvgIpc) is 3.78. The van der Waals surface area contributed by atoms with Crippen LogP contribution >= 0.6 is 0 Å². The molecule has 9 aliphatic rings. The Morgan fingerprint density at radius 1 is 0.262 bits per heavy atom. The number of hydrogen-bond acceptors (Lipinski definition) is 9. The van der Waals surface area contributed by atoms with Gasteiger partial charge in [0, 0.05) is 0 Å². The third-order valence-electron chi connectivity index (χ3n) is 13.8. The van der Waals surface area contributed by atoms with E-state index in [1.165, 1.54) is 103 Å². The van der Waals surface area contributed by atoms with Gasteiger partial charge < -0.3 is 0 Å². The molecular weight excluding hydrogens is 569 g/mol. The zero-order valence-corrected chi connectivity index (χ0v) is 26.4. The molecule has 0 radical (unpaired) electrons. The molecule has 9 N–H and O–H groups in total. The van der Waals surface area contributed by atoms with E-state index in [1.54, 1.807) is 0 Å². The Morgan fingerprint density at radius 2 is 0.381 bits per heavy atom. The van der Waals surface area contributed by atoms with Crippen molar-refractivity contribution in [3.8, 4) is 0 Å². The van der Waals surface area contributed by atoms with E-state index < -0.39 is 0 Å². The van der Waals surface area contributed by atoms with Crippen molar-refractivity contribution in [3.05, 3.63) is 0 Å². The molecule has 0 aromatic carbocycles. The van der Waals surface area contributed by atoms with Crippen molar-refractivity contribution in [1.82, 2.24) is 42.5 Å². The maximum atomic E-state index is 5.38. The first-order valence-electron chi connectivity index (χ1n) is 18.0. The molecule has 0 amide bonds. The van der Waals surface area contributed by atoms with Crippen LogP contribution in [0.4, 0.5) is 0 Å². The van der Waals surface area contributed by atoms with Crippen LogP contribution in [0, 0.1) is 51.8 Å². The molecule has 4 aliphatic carbocycles. The van der Waals surface area contributed by atoms with Gasteiger partial charge in [0.25, 0.3) is 0 Å². The standard InChI is InChI=1S/C32H56N8.HN.Ni/c1-2-10-18-17(9-1)25-33-26(18)38-28-21-13-5-6-14-22(21)30(35-28)40-32-24-16-8-7-15-23(24)31(36-32)39-29-20-12-4-3-11-19(20)27(34-29)37-25;;/h17-40H,1-16H2;1H;. The zero-order valence-electron chi connectivity index (χ0n) is 25.4. The predicted octanol–water partition coefficient (Wildman–Crippen LogP) is 2.90. The van der Waals surface area contributed by atoms with Crippen LogP contribution in [0.3, 0.4) is 0 Å². The molecule has 0 aromatic heterocycles. The van der Waals surface area contributed by atoms with Crippen LogP contribution in [-0.4, -0.2) is 49.3 Å². The molecule has 9 fully saturated rings. The van der Waals surface area contributed by atoms with Crippen LogP contribution in [0.25, 0.3) is 0 Å². The van der Waals surface area contributed by atoms with Crippen LogP contribution < -0.4 is 42.5 Å². The van der Waals surface area contributed by atoms with Gasteiger partial charge in [-0.1, -0.05) is 51.4 Å². The van der Waals surface area contributed by atoms with Crippen molar-refractivity contribution < 1.29 is 15.3 Å². The predicted molar refractivity (Wildman–Crippen MR) is 160 cm³/mol. The Hall–Kier alpha value is -0.0265. The van der Waals surface area contributed by atoms with Gasteiger partial charge >= 0.3 is 19.7 Å². The number of nitrogens with one attached hydrogen (secondary N) is 9. The van der Waals surface area contributed by atoms with E-state index in [0.717, 1.165) is 47.3 Å². The second-order valence-electron chi connectivity index (χ2n) is 15.6. The Morgan fingerprint density at radius 3 is 0.500 bits per heavy atom. The Labute approximate surface area is 261 Å². The molecule has 8 unspecified atom stereocenters. The van der Waals surface area contributed by atoms with Crippen molar-refractivity contribution in [2.45, 2.75) is 152 Å². The summed E-state index contributed by atoms with van der Waals surface area (Å²) < 4.78 is 5.38. The molecule has 0 spiro atoms. The van der Waals surface area contributed by atoms with Gasteiger partial charge in [0.05, 0.1) is 49.3 Å². The fourth-order valence-corrected chi connectivity index (χ4v) is 12.0. The SMILES string of the molecule is C1CCC2C3NC(NC4NC(NC5NC(NC6NC(N3)C3CCCCC63)C3CCCCC53)C3CCCCC43)C2C1.[NH]=[Ni]. The van der Waals surface area contributed by atoms with Crippen molar-refractivity contribution in [2.75, 3.05) is 0 Å². The van der Waals surface area contributed by atoms with Crippen molar-refractivity contribution in [1.29, 1.82) is 4.45 Å². The van der Waals surface area contributed by atoms with Crippen molar-refractivity contribution >= 4 is 0 Å². The van der Waals surface area contributed by atoms with E-state index in [9.17, 15) is 0 Å². The van der Waals surface area contributed by atoms with Gasteiger partial charge in [-0.15, -0.1) is 0 Å².